The van der Waals surface area contributed by atoms with Gasteiger partial charge in [-0.25, -0.2) is 8.42 Å². The Kier molecular flexibility index (Phi) is 5.29. The molecule has 2 aromatic rings. The summed E-state index contributed by atoms with van der Waals surface area (Å²) in [5, 5.41) is 2.83. The molecule has 0 radical (unpaired) electrons. The first kappa shape index (κ1) is 18.8. The average Bonchev–Trinajstić information content (AvgIpc) is 2.75. The van der Waals surface area contributed by atoms with Crippen LogP contribution in [0, 0.1) is 12.8 Å². The second-order valence-corrected chi connectivity index (χ2v) is 9.17. The van der Waals surface area contributed by atoms with Gasteiger partial charge in [-0.15, -0.1) is 11.8 Å². The van der Waals surface area contributed by atoms with Gasteiger partial charge in [0.1, 0.15) is 0 Å². The van der Waals surface area contributed by atoms with Crippen molar-refractivity contribution >= 4 is 39.1 Å². The van der Waals surface area contributed by atoms with Crippen LogP contribution in [0.2, 0.25) is 0 Å². The average molecular weight is 391 g/mol. The van der Waals surface area contributed by atoms with Crippen molar-refractivity contribution in [2.45, 2.75) is 37.0 Å². The molecular weight excluding hydrogens is 368 g/mol. The molecule has 0 aromatic heterocycles. The molecule has 0 saturated carbocycles. The Morgan fingerprint density at radius 1 is 1.27 bits per heavy atom. The van der Waals surface area contributed by atoms with Crippen molar-refractivity contribution in [2.24, 2.45) is 5.92 Å². The molecule has 0 fully saturated rings. The lowest BCUT2D eigenvalue weighted by Gasteiger charge is -2.15. The second-order valence-electron chi connectivity index (χ2n) is 6.43. The van der Waals surface area contributed by atoms with Gasteiger partial charge in [0.05, 0.1) is 16.3 Å². The Hall–Kier alpha value is -1.99. The van der Waals surface area contributed by atoms with Crippen LogP contribution in [0.5, 0.6) is 0 Å². The van der Waals surface area contributed by atoms with E-state index in [9.17, 15) is 13.2 Å². The van der Waals surface area contributed by atoms with E-state index in [0.717, 1.165) is 22.4 Å². The van der Waals surface area contributed by atoms with Crippen LogP contribution >= 0.6 is 11.8 Å². The van der Waals surface area contributed by atoms with Gasteiger partial charge in [0.15, 0.2) is 0 Å². The van der Waals surface area contributed by atoms with E-state index < -0.39 is 10.0 Å². The number of anilines is 2. The van der Waals surface area contributed by atoms with Gasteiger partial charge in [-0.1, -0.05) is 32.0 Å². The van der Waals surface area contributed by atoms with E-state index in [1.807, 2.05) is 39.0 Å². The maximum Gasteiger partial charge on any atom is 0.261 e. The molecule has 7 heteroatoms. The minimum absolute atomic E-state index is 0.0917. The summed E-state index contributed by atoms with van der Waals surface area (Å²) in [7, 11) is -3.76. The van der Waals surface area contributed by atoms with E-state index in [4.69, 9.17) is 0 Å². The van der Waals surface area contributed by atoms with Crippen molar-refractivity contribution < 1.29 is 13.2 Å². The van der Waals surface area contributed by atoms with Crippen LogP contribution in [0.3, 0.4) is 0 Å². The summed E-state index contributed by atoms with van der Waals surface area (Å²) in [4.78, 5) is 13.1. The zero-order valence-electron chi connectivity index (χ0n) is 15.0. The fourth-order valence-electron chi connectivity index (χ4n) is 2.81. The maximum atomic E-state index is 12.9. The molecule has 1 amide bonds. The Balaban J connectivity index is 1.97. The largest absolute Gasteiger partial charge is 0.325 e. The highest BCUT2D eigenvalue weighted by atomic mass is 32.2. The van der Waals surface area contributed by atoms with Crippen molar-refractivity contribution in [1.82, 2.24) is 0 Å². The number of fused-ring (bicyclic) bond motifs is 1. The molecular formula is C19H22N2O3S2. The highest BCUT2D eigenvalue weighted by molar-refractivity contribution is 7.99. The number of amides is 1. The molecule has 1 atom stereocenters. The number of thioether (sulfide) groups is 1. The molecule has 0 aliphatic carbocycles. The molecule has 0 unspecified atom stereocenters. The Bertz CT molecular complexity index is 955. The van der Waals surface area contributed by atoms with Crippen molar-refractivity contribution in [3.05, 3.63) is 47.5 Å². The van der Waals surface area contributed by atoms with Crippen molar-refractivity contribution in [3.63, 3.8) is 0 Å². The summed E-state index contributed by atoms with van der Waals surface area (Å²) in [6, 6.07) is 10.6. The van der Waals surface area contributed by atoms with Crippen LogP contribution < -0.4 is 10.0 Å². The van der Waals surface area contributed by atoms with Gasteiger partial charge in [-0.2, -0.15) is 0 Å². The molecule has 0 spiro atoms. The lowest BCUT2D eigenvalue weighted by molar-refractivity contribution is -0.118. The highest BCUT2D eigenvalue weighted by Crippen LogP contribution is 2.34. The van der Waals surface area contributed by atoms with Crippen molar-refractivity contribution in [1.29, 1.82) is 0 Å². The topological polar surface area (TPSA) is 75.3 Å². The van der Waals surface area contributed by atoms with Crippen molar-refractivity contribution in [3.8, 4) is 0 Å². The monoisotopic (exact) mass is 390 g/mol. The number of benzene rings is 2. The summed E-state index contributed by atoms with van der Waals surface area (Å²) in [6.45, 7) is 5.73. The fourth-order valence-corrected chi connectivity index (χ4v) is 5.02. The van der Waals surface area contributed by atoms with Crippen LogP contribution in [-0.2, 0) is 21.2 Å². The molecule has 26 heavy (non-hydrogen) atoms. The molecule has 138 valence electrons. The van der Waals surface area contributed by atoms with Crippen LogP contribution in [0.4, 0.5) is 11.4 Å². The van der Waals surface area contributed by atoms with Crippen LogP contribution in [0.15, 0.2) is 46.2 Å². The Morgan fingerprint density at radius 2 is 2.04 bits per heavy atom. The minimum atomic E-state index is -3.76. The van der Waals surface area contributed by atoms with Crippen LogP contribution in [-0.4, -0.2) is 20.1 Å². The zero-order chi connectivity index (χ0) is 18.9. The molecule has 1 aliphatic rings. The van der Waals surface area contributed by atoms with Gasteiger partial charge < -0.3 is 5.32 Å². The number of carbonyl (C=O) groups excluding carboxylic acids is 1. The van der Waals surface area contributed by atoms with E-state index in [0.29, 0.717) is 17.1 Å². The summed E-state index contributed by atoms with van der Waals surface area (Å²) in [5.41, 5.74) is 2.99. The first-order valence-electron chi connectivity index (χ1n) is 8.51. The van der Waals surface area contributed by atoms with E-state index >= 15 is 0 Å². The first-order valence-corrected chi connectivity index (χ1v) is 11.0. The third kappa shape index (κ3) is 3.73. The number of hydrogen-bond donors (Lipinski definition) is 2. The van der Waals surface area contributed by atoms with Crippen molar-refractivity contribution in [2.75, 3.05) is 15.8 Å². The van der Waals surface area contributed by atoms with E-state index in [1.54, 1.807) is 23.9 Å². The molecule has 2 aromatic carbocycles. The predicted molar refractivity (Wildman–Crippen MR) is 106 cm³/mol. The summed E-state index contributed by atoms with van der Waals surface area (Å²) < 4.78 is 28.5. The predicted octanol–water partition coefficient (Wildman–Crippen LogP) is 4.04. The molecule has 1 aliphatic heterocycles. The number of aryl methyl sites for hydroxylation is 2. The number of sulfonamides is 1. The SMILES string of the molecule is CCc1cccc(C)c1NS(=O)(=O)c1ccc2c(c1)NC(=O)[C@@H](C)CS2. The third-order valence-corrected chi connectivity index (χ3v) is 7.11. The molecule has 5 nitrogen and oxygen atoms in total. The van der Waals surface area contributed by atoms with Gasteiger partial charge in [-0.05, 0) is 42.7 Å². The lowest BCUT2D eigenvalue weighted by Crippen LogP contribution is -2.20. The summed E-state index contributed by atoms with van der Waals surface area (Å²) in [5.74, 6) is 0.460. The summed E-state index contributed by atoms with van der Waals surface area (Å²) in [6.07, 6.45) is 0.730. The number of hydrogen-bond acceptors (Lipinski definition) is 4. The Labute approximate surface area is 158 Å². The zero-order valence-corrected chi connectivity index (χ0v) is 16.6. The van der Waals surface area contributed by atoms with E-state index in [-0.39, 0.29) is 16.7 Å². The second kappa shape index (κ2) is 7.32. The highest BCUT2D eigenvalue weighted by Gasteiger charge is 2.23. The molecule has 0 bridgehead atoms. The number of rotatable bonds is 4. The lowest BCUT2D eigenvalue weighted by atomic mass is 10.1. The molecule has 0 saturated heterocycles. The fraction of sp³-hybridized carbons (Fsp3) is 0.316. The molecule has 2 N–H and O–H groups in total. The summed E-state index contributed by atoms with van der Waals surface area (Å²) >= 11 is 1.55. The third-order valence-electron chi connectivity index (χ3n) is 4.43. The number of para-hydroxylation sites is 1. The van der Waals surface area contributed by atoms with Gasteiger partial charge in [-0.3, -0.25) is 9.52 Å². The number of carbonyl (C=O) groups is 1. The van der Waals surface area contributed by atoms with Gasteiger partial charge in [0.2, 0.25) is 5.91 Å². The standard InChI is InChI=1S/C19H22N2O3S2/c1-4-14-7-5-6-12(2)18(14)21-26(23,24)15-8-9-17-16(10-15)20-19(22)13(3)11-25-17/h5-10,13,21H,4,11H2,1-3H3,(H,20,22)/t13-/m0/s1. The normalized spacial score (nSPS) is 17.2. The Morgan fingerprint density at radius 3 is 2.77 bits per heavy atom. The van der Waals surface area contributed by atoms with Gasteiger partial charge in [0.25, 0.3) is 10.0 Å². The van der Waals surface area contributed by atoms with E-state index in [1.165, 1.54) is 6.07 Å². The van der Waals surface area contributed by atoms with Gasteiger partial charge >= 0.3 is 0 Å². The minimum Gasteiger partial charge on any atom is -0.325 e. The first-order chi connectivity index (χ1) is 12.3. The van der Waals surface area contributed by atoms with Gasteiger partial charge in [0, 0.05) is 16.6 Å². The quantitative estimate of drug-likeness (QED) is 0.826. The maximum absolute atomic E-state index is 12.9. The van der Waals surface area contributed by atoms with E-state index in [2.05, 4.69) is 10.0 Å². The molecule has 1 heterocycles. The molecule has 3 rings (SSSR count). The van der Waals surface area contributed by atoms with Crippen LogP contribution in [0.1, 0.15) is 25.0 Å². The number of nitrogens with one attached hydrogen (secondary N) is 2. The smallest absolute Gasteiger partial charge is 0.261 e. The van der Waals surface area contributed by atoms with Crippen LogP contribution in [0.25, 0.3) is 0 Å².